The van der Waals surface area contributed by atoms with Crippen molar-refractivity contribution in [3.63, 3.8) is 0 Å². The first-order chi connectivity index (χ1) is 16.3. The molecule has 0 unspecified atom stereocenters. The summed E-state index contributed by atoms with van der Waals surface area (Å²) >= 11 is 0. The zero-order chi connectivity index (χ0) is 24.0. The zero-order valence-corrected chi connectivity index (χ0v) is 19.5. The van der Waals surface area contributed by atoms with Crippen molar-refractivity contribution in [3.8, 4) is 5.75 Å². The van der Waals surface area contributed by atoms with Crippen molar-refractivity contribution >= 4 is 27.8 Å². The minimum atomic E-state index is -4.05. The van der Waals surface area contributed by atoms with Gasteiger partial charge in [0.25, 0.3) is 10.0 Å². The molecule has 0 radical (unpaired) electrons. The number of esters is 1. The van der Waals surface area contributed by atoms with Gasteiger partial charge in [-0.05, 0) is 54.4 Å². The maximum Gasteiger partial charge on any atom is 0.407 e. The van der Waals surface area contributed by atoms with Crippen LogP contribution in [0.3, 0.4) is 0 Å². The third kappa shape index (κ3) is 4.06. The molecule has 180 valence electrons. The summed E-state index contributed by atoms with van der Waals surface area (Å²) in [6.45, 7) is 1.30. The molecule has 2 aromatic carbocycles. The molecule has 2 fully saturated rings. The fraction of sp³-hybridized carbons (Fsp3) is 0.417. The lowest BCUT2D eigenvalue weighted by molar-refractivity contribution is 0.0596. The molecule has 3 aliphatic rings. The van der Waals surface area contributed by atoms with Crippen molar-refractivity contribution in [3.05, 3.63) is 53.1 Å². The molecule has 1 aliphatic carbocycles. The molecule has 1 saturated heterocycles. The van der Waals surface area contributed by atoms with Gasteiger partial charge < -0.3 is 19.5 Å². The number of sulfonamides is 1. The minimum absolute atomic E-state index is 0.0294. The monoisotopic (exact) mass is 486 g/mol. The van der Waals surface area contributed by atoms with Crippen LogP contribution in [-0.4, -0.2) is 57.3 Å². The number of ether oxygens (including phenoxy) is 2. The smallest absolute Gasteiger partial charge is 0.407 e. The Balaban J connectivity index is 1.45. The molecule has 10 heteroatoms. The molecule has 1 amide bonds. The maximum absolute atomic E-state index is 13.5. The largest absolute Gasteiger partial charge is 0.492 e. The van der Waals surface area contributed by atoms with Gasteiger partial charge in [0.15, 0.2) is 0 Å². The topological polar surface area (TPSA) is 122 Å². The molecule has 0 spiro atoms. The first-order valence-corrected chi connectivity index (χ1v) is 12.7. The van der Waals surface area contributed by atoms with Crippen LogP contribution in [0.15, 0.2) is 41.3 Å². The van der Waals surface area contributed by atoms with Gasteiger partial charge in [-0.1, -0.05) is 24.3 Å². The van der Waals surface area contributed by atoms with Crippen LogP contribution in [0.25, 0.3) is 0 Å². The fourth-order valence-electron chi connectivity index (χ4n) is 5.06. The van der Waals surface area contributed by atoms with Gasteiger partial charge in [-0.2, -0.15) is 0 Å². The number of carboxylic acid groups (broad SMARTS) is 1. The number of carbonyl (C=O) groups excluding carboxylic acids is 1. The molecular weight excluding hydrogens is 460 g/mol. The fourth-order valence-corrected chi connectivity index (χ4v) is 6.38. The summed E-state index contributed by atoms with van der Waals surface area (Å²) in [5.74, 6) is 0.526. The molecule has 0 bridgehead atoms. The number of hydrogen-bond acceptors (Lipinski definition) is 6. The van der Waals surface area contributed by atoms with Crippen LogP contribution in [0, 0.1) is 11.8 Å². The van der Waals surface area contributed by atoms with E-state index in [0.717, 1.165) is 12.0 Å². The standard InChI is InChI=1S/C24H26N2O7S/c1-32-23(27)21-19(7-6-17-18-11-16(18)13-33-22(17)21)25-34(30,31)20-5-3-2-4-15(20)10-14-8-9-26(12-14)24(28)29/h2-7,14,16,18,25H,8-13H2,1H3,(H,28,29)/t14-,16-,18-/m0/s1. The number of likely N-dealkylation sites (tertiary alicyclic amines) is 1. The molecule has 3 atom stereocenters. The Morgan fingerprint density at radius 2 is 2.03 bits per heavy atom. The lowest BCUT2D eigenvalue weighted by atomic mass is 9.99. The molecule has 2 aliphatic heterocycles. The Labute approximate surface area is 197 Å². The van der Waals surface area contributed by atoms with E-state index in [2.05, 4.69) is 4.72 Å². The van der Waals surface area contributed by atoms with Crippen molar-refractivity contribution in [2.75, 3.05) is 31.5 Å². The molecular formula is C24H26N2O7S. The predicted octanol–water partition coefficient (Wildman–Crippen LogP) is 3.31. The van der Waals surface area contributed by atoms with E-state index in [9.17, 15) is 23.1 Å². The molecule has 9 nitrogen and oxygen atoms in total. The van der Waals surface area contributed by atoms with Crippen molar-refractivity contribution < 1.29 is 32.6 Å². The van der Waals surface area contributed by atoms with Gasteiger partial charge in [0, 0.05) is 19.0 Å². The van der Waals surface area contributed by atoms with Gasteiger partial charge in [-0.15, -0.1) is 0 Å². The molecule has 2 heterocycles. The van der Waals surface area contributed by atoms with Gasteiger partial charge >= 0.3 is 12.1 Å². The summed E-state index contributed by atoms with van der Waals surface area (Å²) in [5, 5.41) is 9.21. The van der Waals surface area contributed by atoms with E-state index in [0.29, 0.717) is 55.7 Å². The third-order valence-electron chi connectivity index (χ3n) is 6.91. The first-order valence-electron chi connectivity index (χ1n) is 11.2. The number of rotatable bonds is 6. The summed E-state index contributed by atoms with van der Waals surface area (Å²) in [6, 6.07) is 10.1. The van der Waals surface area contributed by atoms with Crippen LogP contribution < -0.4 is 9.46 Å². The van der Waals surface area contributed by atoms with E-state index in [-0.39, 0.29) is 22.1 Å². The molecule has 1 saturated carbocycles. The number of nitrogens with zero attached hydrogens (tertiary/aromatic N) is 1. The Morgan fingerprint density at radius 1 is 1.24 bits per heavy atom. The Hall–Kier alpha value is -3.27. The highest BCUT2D eigenvalue weighted by Crippen LogP contribution is 2.55. The van der Waals surface area contributed by atoms with E-state index < -0.39 is 22.1 Å². The summed E-state index contributed by atoms with van der Waals surface area (Å²) in [7, 11) is -2.80. The van der Waals surface area contributed by atoms with Gasteiger partial charge in [0.1, 0.15) is 11.3 Å². The second-order valence-corrected chi connectivity index (χ2v) is 10.8. The highest BCUT2D eigenvalue weighted by atomic mass is 32.2. The third-order valence-corrected chi connectivity index (χ3v) is 8.38. The van der Waals surface area contributed by atoms with Crippen molar-refractivity contribution in [2.24, 2.45) is 11.8 Å². The molecule has 2 aromatic rings. The number of benzene rings is 2. The second-order valence-electron chi connectivity index (χ2n) is 9.11. The van der Waals surface area contributed by atoms with Gasteiger partial charge in [0.2, 0.25) is 0 Å². The average molecular weight is 487 g/mol. The second kappa shape index (κ2) is 8.50. The number of anilines is 1. The van der Waals surface area contributed by atoms with E-state index in [1.54, 1.807) is 24.3 Å². The summed E-state index contributed by atoms with van der Waals surface area (Å²) in [5.41, 5.74) is 1.70. The lowest BCUT2D eigenvalue weighted by Gasteiger charge is -2.22. The highest BCUT2D eigenvalue weighted by Gasteiger charge is 2.45. The number of nitrogens with one attached hydrogen (secondary N) is 1. The van der Waals surface area contributed by atoms with Crippen molar-refractivity contribution in [1.82, 2.24) is 4.90 Å². The normalized spacial score (nSPS) is 22.9. The SMILES string of the molecule is COC(=O)c1c(NS(=O)(=O)c2ccccc2C[C@@H]2CCN(C(=O)O)C2)ccc2c1OC[C@@H]1C[C@H]21. The van der Waals surface area contributed by atoms with E-state index in [4.69, 9.17) is 9.47 Å². The van der Waals surface area contributed by atoms with Crippen molar-refractivity contribution in [1.29, 1.82) is 0 Å². The zero-order valence-electron chi connectivity index (χ0n) is 18.7. The van der Waals surface area contributed by atoms with Crippen LogP contribution in [0.4, 0.5) is 10.5 Å². The van der Waals surface area contributed by atoms with Crippen LogP contribution in [-0.2, 0) is 21.2 Å². The van der Waals surface area contributed by atoms with E-state index >= 15 is 0 Å². The average Bonchev–Trinajstić information content (AvgIpc) is 3.47. The number of hydrogen-bond donors (Lipinski definition) is 2. The van der Waals surface area contributed by atoms with E-state index in [1.807, 2.05) is 6.07 Å². The summed E-state index contributed by atoms with van der Waals surface area (Å²) < 4.78 is 40.3. The van der Waals surface area contributed by atoms with Crippen LogP contribution in [0.5, 0.6) is 5.75 Å². The summed E-state index contributed by atoms with van der Waals surface area (Å²) in [4.78, 5) is 25.3. The number of methoxy groups -OCH3 is 1. The molecule has 0 aromatic heterocycles. The van der Waals surface area contributed by atoms with Crippen LogP contribution in [0.1, 0.15) is 40.2 Å². The molecule has 2 N–H and O–H groups in total. The molecule has 34 heavy (non-hydrogen) atoms. The maximum atomic E-state index is 13.5. The van der Waals surface area contributed by atoms with Gasteiger partial charge in [0.05, 0.1) is 24.3 Å². The number of carbonyl (C=O) groups is 2. The van der Waals surface area contributed by atoms with Crippen LogP contribution in [0.2, 0.25) is 0 Å². The van der Waals surface area contributed by atoms with Crippen molar-refractivity contribution in [2.45, 2.75) is 30.1 Å². The lowest BCUT2D eigenvalue weighted by Crippen LogP contribution is -2.27. The number of fused-ring (bicyclic) bond motifs is 3. The predicted molar refractivity (Wildman–Crippen MR) is 123 cm³/mol. The van der Waals surface area contributed by atoms with Crippen LogP contribution >= 0.6 is 0 Å². The Kier molecular flexibility index (Phi) is 5.63. The highest BCUT2D eigenvalue weighted by molar-refractivity contribution is 7.92. The quantitative estimate of drug-likeness (QED) is 0.601. The molecule has 5 rings (SSSR count). The number of amides is 1. The summed E-state index contributed by atoms with van der Waals surface area (Å²) in [6.07, 6.45) is 1.13. The van der Waals surface area contributed by atoms with Gasteiger partial charge in [-0.3, -0.25) is 4.72 Å². The van der Waals surface area contributed by atoms with E-state index in [1.165, 1.54) is 18.1 Å². The minimum Gasteiger partial charge on any atom is -0.492 e. The Morgan fingerprint density at radius 3 is 2.76 bits per heavy atom. The van der Waals surface area contributed by atoms with Gasteiger partial charge in [-0.25, -0.2) is 18.0 Å². The Bertz CT molecular complexity index is 1260. The first kappa shape index (κ1) is 22.5.